The minimum absolute atomic E-state index is 0.0678. The van der Waals surface area contributed by atoms with Crippen molar-refractivity contribution in [1.29, 1.82) is 0 Å². The van der Waals surface area contributed by atoms with E-state index in [0.29, 0.717) is 6.42 Å². The van der Waals surface area contributed by atoms with Gasteiger partial charge in [-0.25, -0.2) is 0 Å². The molecule has 1 aromatic rings. The molecule has 0 amide bonds. The third-order valence-electron chi connectivity index (χ3n) is 8.83. The Morgan fingerprint density at radius 2 is 1.78 bits per heavy atom. The summed E-state index contributed by atoms with van der Waals surface area (Å²) in [5.41, 5.74) is 2.09. The minimum atomic E-state index is -2.06. The first-order valence-electron chi connectivity index (χ1n) is 12.1. The highest BCUT2D eigenvalue weighted by molar-refractivity contribution is 6.74. The first-order chi connectivity index (χ1) is 14.6. The van der Waals surface area contributed by atoms with E-state index in [2.05, 4.69) is 66.8 Å². The smallest absolute Gasteiger partial charge is 0.311 e. The molecule has 0 aliphatic heterocycles. The number of Topliss-reactive ketones (excluding diaryl/α,β-unsaturated/α-hetero) is 1. The summed E-state index contributed by atoms with van der Waals surface area (Å²) in [4.78, 5) is 26.3. The summed E-state index contributed by atoms with van der Waals surface area (Å²) in [6, 6.07) is 4.26. The lowest BCUT2D eigenvalue weighted by Gasteiger charge is -2.53. The van der Waals surface area contributed by atoms with Crippen LogP contribution in [0.4, 0.5) is 0 Å². The van der Waals surface area contributed by atoms with Crippen molar-refractivity contribution in [1.82, 2.24) is 0 Å². The maximum atomic E-state index is 13.4. The number of carbonyl (C=O) groups excluding carboxylic acids is 2. The van der Waals surface area contributed by atoms with Gasteiger partial charge in [0.1, 0.15) is 5.75 Å². The highest BCUT2D eigenvalue weighted by Crippen LogP contribution is 2.58. The Balaban J connectivity index is 2.21. The van der Waals surface area contributed by atoms with E-state index in [-0.39, 0.29) is 34.0 Å². The molecule has 0 unspecified atom stereocenters. The first kappa shape index (κ1) is 25.0. The molecule has 5 heteroatoms. The maximum absolute atomic E-state index is 13.4. The first-order valence-corrected chi connectivity index (χ1v) is 15.0. The Hall–Kier alpha value is -1.62. The summed E-state index contributed by atoms with van der Waals surface area (Å²) in [5, 5.41) is 0.0771. The van der Waals surface area contributed by atoms with E-state index in [9.17, 15) is 9.59 Å². The van der Waals surface area contributed by atoms with Crippen molar-refractivity contribution in [2.24, 2.45) is 11.3 Å². The van der Waals surface area contributed by atoms with Gasteiger partial charge in [-0.1, -0.05) is 48.0 Å². The van der Waals surface area contributed by atoms with E-state index in [0.717, 1.165) is 41.7 Å². The lowest BCUT2D eigenvalue weighted by atomic mass is 9.49. The fourth-order valence-corrected chi connectivity index (χ4v) is 6.72. The van der Waals surface area contributed by atoms with Gasteiger partial charge in [0.15, 0.2) is 5.78 Å². The summed E-state index contributed by atoms with van der Waals surface area (Å²) in [5.74, 6) is 1.05. The lowest BCUT2D eigenvalue weighted by molar-refractivity contribution is -0.160. The largest absolute Gasteiger partial charge is 0.543 e. The Morgan fingerprint density at radius 3 is 2.31 bits per heavy atom. The van der Waals surface area contributed by atoms with Gasteiger partial charge in [0.05, 0.1) is 12.5 Å². The summed E-state index contributed by atoms with van der Waals surface area (Å²) in [6.45, 7) is 19.8. The van der Waals surface area contributed by atoms with Crippen LogP contribution in [0.25, 0.3) is 0 Å². The molecule has 2 aliphatic rings. The fraction of sp³-hybridized carbons (Fsp3) is 0.704. The van der Waals surface area contributed by atoms with E-state index in [4.69, 9.17) is 9.16 Å². The van der Waals surface area contributed by atoms with Gasteiger partial charge in [0.2, 0.25) is 8.32 Å². The van der Waals surface area contributed by atoms with Gasteiger partial charge in [0.25, 0.3) is 0 Å². The quantitative estimate of drug-likeness (QED) is 0.359. The number of hydrogen-bond acceptors (Lipinski definition) is 4. The van der Waals surface area contributed by atoms with Crippen molar-refractivity contribution in [3.8, 4) is 5.75 Å². The molecule has 1 aromatic carbocycles. The van der Waals surface area contributed by atoms with Crippen LogP contribution in [0, 0.1) is 11.3 Å². The van der Waals surface area contributed by atoms with Gasteiger partial charge in [-0.3, -0.25) is 9.59 Å². The fourth-order valence-electron chi connectivity index (χ4n) is 5.69. The predicted octanol–water partition coefficient (Wildman–Crippen LogP) is 7.02. The van der Waals surface area contributed by atoms with Crippen LogP contribution < -0.4 is 4.43 Å². The third kappa shape index (κ3) is 3.84. The summed E-state index contributed by atoms with van der Waals surface area (Å²) >= 11 is 0. The molecule has 0 aromatic heterocycles. The van der Waals surface area contributed by atoms with Gasteiger partial charge in [0, 0.05) is 12.0 Å². The van der Waals surface area contributed by atoms with Crippen molar-refractivity contribution in [2.75, 3.05) is 7.11 Å². The molecule has 3 atom stereocenters. The molecule has 0 bridgehead atoms. The van der Waals surface area contributed by atoms with Crippen molar-refractivity contribution < 1.29 is 18.8 Å². The zero-order valence-electron chi connectivity index (χ0n) is 21.8. The number of fused-ring (bicyclic) bond motifs is 3. The van der Waals surface area contributed by atoms with Crippen molar-refractivity contribution in [2.45, 2.75) is 104 Å². The monoisotopic (exact) mass is 458 g/mol. The average molecular weight is 459 g/mol. The molecule has 3 rings (SSSR count). The molecule has 178 valence electrons. The zero-order chi connectivity index (χ0) is 24.3. The van der Waals surface area contributed by atoms with E-state index < -0.39 is 13.7 Å². The number of carbonyl (C=O) groups is 2. The molecule has 32 heavy (non-hydrogen) atoms. The normalized spacial score (nSPS) is 28.2. The summed E-state index contributed by atoms with van der Waals surface area (Å²) < 4.78 is 12.1. The molecule has 1 saturated carbocycles. The second-order valence-electron chi connectivity index (χ2n) is 12.3. The van der Waals surface area contributed by atoms with Gasteiger partial charge >= 0.3 is 5.97 Å². The van der Waals surface area contributed by atoms with Crippen LogP contribution in [0.15, 0.2) is 12.1 Å². The Bertz CT molecular complexity index is 926. The summed E-state index contributed by atoms with van der Waals surface area (Å²) in [7, 11) is -0.608. The lowest BCUT2D eigenvalue weighted by Crippen LogP contribution is -2.54. The second-order valence-corrected chi connectivity index (χ2v) is 17.0. The van der Waals surface area contributed by atoms with Crippen LogP contribution in [0.5, 0.6) is 5.75 Å². The molecular formula is C27H42O4Si. The van der Waals surface area contributed by atoms with Crippen LogP contribution in [0.1, 0.15) is 102 Å². The van der Waals surface area contributed by atoms with E-state index in [1.807, 2.05) is 6.92 Å². The topological polar surface area (TPSA) is 52.6 Å². The van der Waals surface area contributed by atoms with E-state index >= 15 is 0 Å². The highest BCUT2D eigenvalue weighted by atomic mass is 28.4. The van der Waals surface area contributed by atoms with Gasteiger partial charge in [-0.2, -0.15) is 0 Å². The number of ketones is 1. The molecule has 2 aliphatic carbocycles. The van der Waals surface area contributed by atoms with Crippen LogP contribution >= 0.6 is 0 Å². The van der Waals surface area contributed by atoms with Crippen LogP contribution in [0.2, 0.25) is 18.1 Å². The SMILES string of the molecule is COC(=O)[C@]1(C)CCC[C@]2(C)c3cc(O[Si](C)(C)C(C)(C)C)c(C(C)C)cc3C(=O)C[C@@H]12. The molecule has 4 nitrogen and oxygen atoms in total. The third-order valence-corrected chi connectivity index (χ3v) is 13.2. The van der Waals surface area contributed by atoms with Crippen molar-refractivity contribution in [3.63, 3.8) is 0 Å². The highest BCUT2D eigenvalue weighted by Gasteiger charge is 2.57. The number of ether oxygens (including phenoxy) is 1. The molecule has 0 radical (unpaired) electrons. The minimum Gasteiger partial charge on any atom is -0.543 e. The molecular weight excluding hydrogens is 416 g/mol. The number of benzene rings is 1. The van der Waals surface area contributed by atoms with Gasteiger partial charge < -0.3 is 9.16 Å². The van der Waals surface area contributed by atoms with Crippen LogP contribution in [-0.2, 0) is 14.9 Å². The van der Waals surface area contributed by atoms with E-state index in [1.165, 1.54) is 7.11 Å². The molecule has 1 fully saturated rings. The standard InChI is InChI=1S/C27H42O4Si/c1-17(2)18-14-19-20(15-22(18)31-32(9,10)25(3,4)5)26(6)12-11-13-27(7,24(29)30-8)23(26)16-21(19)28/h14-15,17,23H,11-13,16H2,1-10H3/t23-,26-,27-/m1/s1. The number of esters is 1. The number of rotatable bonds is 4. The molecule has 0 heterocycles. The molecule has 0 saturated heterocycles. The van der Waals surface area contributed by atoms with Gasteiger partial charge in [-0.15, -0.1) is 0 Å². The predicted molar refractivity (Wildman–Crippen MR) is 132 cm³/mol. The Morgan fingerprint density at radius 1 is 1.16 bits per heavy atom. The zero-order valence-corrected chi connectivity index (χ0v) is 22.8. The van der Waals surface area contributed by atoms with Crippen LogP contribution in [-0.4, -0.2) is 27.2 Å². The molecule has 0 N–H and O–H groups in total. The van der Waals surface area contributed by atoms with E-state index in [1.54, 1.807) is 0 Å². The van der Waals surface area contributed by atoms with Crippen molar-refractivity contribution >= 4 is 20.1 Å². The average Bonchev–Trinajstić information content (AvgIpc) is 2.67. The molecule has 0 spiro atoms. The second kappa shape index (κ2) is 8.00. The Kier molecular flexibility index (Phi) is 6.25. The van der Waals surface area contributed by atoms with Crippen molar-refractivity contribution in [3.05, 3.63) is 28.8 Å². The maximum Gasteiger partial charge on any atom is 0.311 e. The number of hydrogen-bond donors (Lipinski definition) is 0. The number of methoxy groups -OCH3 is 1. The Labute approximate surface area is 195 Å². The summed E-state index contributed by atoms with van der Waals surface area (Å²) in [6.07, 6.45) is 3.07. The van der Waals surface area contributed by atoms with Crippen LogP contribution in [0.3, 0.4) is 0 Å². The van der Waals surface area contributed by atoms with Gasteiger partial charge in [-0.05, 0) is 78.4 Å².